The molecule has 1 aromatic rings. The minimum absolute atomic E-state index is 0.496. The molecule has 1 fully saturated rings. The lowest BCUT2D eigenvalue weighted by Gasteiger charge is -2.25. The first-order chi connectivity index (χ1) is 9.16. The normalized spacial score (nSPS) is 18.7. The van der Waals surface area contributed by atoms with Gasteiger partial charge in [-0.2, -0.15) is 0 Å². The highest BCUT2D eigenvalue weighted by Crippen LogP contribution is 2.23. The van der Waals surface area contributed by atoms with Gasteiger partial charge in [0.05, 0.1) is 0 Å². The zero-order valence-electron chi connectivity index (χ0n) is 12.6. The molecule has 4 nitrogen and oxygen atoms in total. The minimum atomic E-state index is 0.496. The van der Waals surface area contributed by atoms with Crippen molar-refractivity contribution >= 4 is 5.95 Å². The van der Waals surface area contributed by atoms with Gasteiger partial charge >= 0.3 is 0 Å². The van der Waals surface area contributed by atoms with Crippen molar-refractivity contribution in [3.63, 3.8) is 0 Å². The molecule has 1 N–H and O–H groups in total. The van der Waals surface area contributed by atoms with E-state index < -0.39 is 0 Å². The number of nitrogens with one attached hydrogen (secondary N) is 1. The maximum atomic E-state index is 4.50. The Morgan fingerprint density at radius 2 is 2.11 bits per heavy atom. The van der Waals surface area contributed by atoms with Crippen molar-refractivity contribution in [2.75, 3.05) is 26.0 Å². The molecule has 0 amide bonds. The molecule has 1 heterocycles. The van der Waals surface area contributed by atoms with Crippen LogP contribution < -0.4 is 5.32 Å². The van der Waals surface area contributed by atoms with Gasteiger partial charge in [0.2, 0.25) is 5.95 Å². The van der Waals surface area contributed by atoms with Crippen LogP contribution in [0.25, 0.3) is 0 Å². The maximum Gasteiger partial charge on any atom is 0.203 e. The Hall–Kier alpha value is -1.03. The summed E-state index contributed by atoms with van der Waals surface area (Å²) >= 11 is 0. The fourth-order valence-electron chi connectivity index (χ4n) is 2.79. The van der Waals surface area contributed by atoms with E-state index in [2.05, 4.69) is 47.0 Å². The first kappa shape index (κ1) is 14.4. The lowest BCUT2D eigenvalue weighted by atomic mass is 9.96. The zero-order valence-corrected chi connectivity index (χ0v) is 12.6. The predicted molar refractivity (Wildman–Crippen MR) is 80.6 cm³/mol. The topological polar surface area (TPSA) is 33.1 Å². The molecule has 0 bridgehead atoms. The zero-order chi connectivity index (χ0) is 13.7. The number of hydrogen-bond donors (Lipinski definition) is 1. The molecule has 1 aliphatic rings. The van der Waals surface area contributed by atoms with Crippen LogP contribution in [0.5, 0.6) is 0 Å². The van der Waals surface area contributed by atoms with Gasteiger partial charge in [-0.1, -0.05) is 19.3 Å². The van der Waals surface area contributed by atoms with Crippen LogP contribution in [0, 0.1) is 0 Å². The summed E-state index contributed by atoms with van der Waals surface area (Å²) in [6.07, 6.45) is 11.9. The molecule has 0 radical (unpaired) electrons. The third-order valence-corrected chi connectivity index (χ3v) is 4.08. The fraction of sp³-hybridized carbons (Fsp3) is 0.800. The van der Waals surface area contributed by atoms with Crippen LogP contribution in [0.3, 0.4) is 0 Å². The van der Waals surface area contributed by atoms with Gasteiger partial charge in [-0.05, 0) is 46.8 Å². The average molecular weight is 264 g/mol. The lowest BCUT2D eigenvalue weighted by molar-refractivity contribution is 0.358. The van der Waals surface area contributed by atoms with Crippen molar-refractivity contribution < 1.29 is 0 Å². The van der Waals surface area contributed by atoms with E-state index in [9.17, 15) is 0 Å². The molecule has 4 heteroatoms. The van der Waals surface area contributed by atoms with E-state index in [1.54, 1.807) is 0 Å². The Bertz CT molecular complexity index is 366. The molecule has 1 aromatic heterocycles. The summed E-state index contributed by atoms with van der Waals surface area (Å²) in [4.78, 5) is 6.73. The van der Waals surface area contributed by atoms with Crippen molar-refractivity contribution in [3.05, 3.63) is 12.4 Å². The number of aromatic nitrogens is 2. The van der Waals surface area contributed by atoms with E-state index in [1.807, 2.05) is 6.20 Å². The Labute approximate surface area is 117 Å². The Morgan fingerprint density at radius 3 is 2.79 bits per heavy atom. The van der Waals surface area contributed by atoms with Gasteiger partial charge in [-0.15, -0.1) is 0 Å². The molecule has 2 rings (SSSR count). The highest BCUT2D eigenvalue weighted by molar-refractivity contribution is 5.28. The monoisotopic (exact) mass is 264 g/mol. The number of anilines is 1. The van der Waals surface area contributed by atoms with E-state index in [1.165, 1.54) is 32.1 Å². The molecule has 1 saturated carbocycles. The van der Waals surface area contributed by atoms with Gasteiger partial charge in [0.25, 0.3) is 0 Å². The molecule has 108 valence electrons. The molecule has 0 aromatic carbocycles. The second-order valence-corrected chi connectivity index (χ2v) is 6.08. The average Bonchev–Trinajstić information content (AvgIpc) is 2.85. The van der Waals surface area contributed by atoms with Crippen LogP contribution in [0.1, 0.15) is 51.5 Å². The van der Waals surface area contributed by atoms with Gasteiger partial charge in [-0.25, -0.2) is 4.98 Å². The van der Waals surface area contributed by atoms with Crippen molar-refractivity contribution in [2.24, 2.45) is 0 Å². The SMILES string of the molecule is CC(CCN(C)C)n1ccnc1NC1CCCCC1. The van der Waals surface area contributed by atoms with E-state index >= 15 is 0 Å². The number of hydrogen-bond acceptors (Lipinski definition) is 3. The fourth-order valence-corrected chi connectivity index (χ4v) is 2.79. The van der Waals surface area contributed by atoms with Gasteiger partial charge < -0.3 is 14.8 Å². The Balaban J connectivity index is 1.92. The van der Waals surface area contributed by atoms with Crippen LogP contribution >= 0.6 is 0 Å². The van der Waals surface area contributed by atoms with Crippen LogP contribution in [-0.2, 0) is 0 Å². The number of imidazole rings is 1. The standard InChI is InChI=1S/C15H28N4/c1-13(9-11-18(2)3)19-12-10-16-15(19)17-14-7-5-4-6-8-14/h10,12-14H,4-9,11H2,1-3H3,(H,16,17). The summed E-state index contributed by atoms with van der Waals surface area (Å²) in [5.41, 5.74) is 0. The Morgan fingerprint density at radius 1 is 1.37 bits per heavy atom. The van der Waals surface area contributed by atoms with Crippen LogP contribution in [0.15, 0.2) is 12.4 Å². The van der Waals surface area contributed by atoms with E-state index in [4.69, 9.17) is 0 Å². The van der Waals surface area contributed by atoms with E-state index in [-0.39, 0.29) is 0 Å². The molecule has 0 saturated heterocycles. The summed E-state index contributed by atoms with van der Waals surface area (Å²) in [5, 5.41) is 3.64. The maximum absolute atomic E-state index is 4.50. The van der Waals surface area contributed by atoms with Gasteiger partial charge in [0.15, 0.2) is 0 Å². The quantitative estimate of drug-likeness (QED) is 0.857. The molecule has 1 aliphatic carbocycles. The van der Waals surface area contributed by atoms with Gasteiger partial charge in [0.1, 0.15) is 0 Å². The van der Waals surface area contributed by atoms with Gasteiger partial charge in [-0.3, -0.25) is 0 Å². The summed E-state index contributed by atoms with van der Waals surface area (Å²) in [7, 11) is 4.25. The van der Waals surface area contributed by atoms with Crippen LogP contribution in [-0.4, -0.2) is 41.1 Å². The van der Waals surface area contributed by atoms with Crippen molar-refractivity contribution in [1.82, 2.24) is 14.5 Å². The summed E-state index contributed by atoms with van der Waals surface area (Å²) in [5.74, 6) is 1.05. The molecule has 1 atom stereocenters. The molecular formula is C15H28N4. The van der Waals surface area contributed by atoms with E-state index in [0.29, 0.717) is 12.1 Å². The summed E-state index contributed by atoms with van der Waals surface area (Å²) in [6, 6.07) is 1.12. The highest BCUT2D eigenvalue weighted by atomic mass is 15.2. The van der Waals surface area contributed by atoms with E-state index in [0.717, 1.165) is 18.9 Å². The predicted octanol–water partition coefficient (Wildman–Crippen LogP) is 3.14. The van der Waals surface area contributed by atoms with Crippen molar-refractivity contribution in [1.29, 1.82) is 0 Å². The summed E-state index contributed by atoms with van der Waals surface area (Å²) in [6.45, 7) is 3.39. The van der Waals surface area contributed by atoms with Crippen molar-refractivity contribution in [2.45, 2.75) is 57.5 Å². The van der Waals surface area contributed by atoms with Crippen molar-refractivity contribution in [3.8, 4) is 0 Å². The molecule has 19 heavy (non-hydrogen) atoms. The number of nitrogens with zero attached hydrogens (tertiary/aromatic N) is 3. The molecular weight excluding hydrogens is 236 g/mol. The molecule has 0 spiro atoms. The first-order valence-electron chi connectivity index (χ1n) is 7.61. The third kappa shape index (κ3) is 4.23. The van der Waals surface area contributed by atoms with Crippen LogP contribution in [0.4, 0.5) is 5.95 Å². The summed E-state index contributed by atoms with van der Waals surface area (Å²) < 4.78 is 2.29. The largest absolute Gasteiger partial charge is 0.353 e. The highest BCUT2D eigenvalue weighted by Gasteiger charge is 2.16. The second kappa shape index (κ2) is 6.94. The minimum Gasteiger partial charge on any atom is -0.353 e. The Kier molecular flexibility index (Phi) is 5.25. The van der Waals surface area contributed by atoms with Crippen LogP contribution in [0.2, 0.25) is 0 Å². The molecule has 0 aliphatic heterocycles. The van der Waals surface area contributed by atoms with Gasteiger partial charge in [0, 0.05) is 24.5 Å². The number of rotatable bonds is 6. The second-order valence-electron chi connectivity index (χ2n) is 6.08. The smallest absolute Gasteiger partial charge is 0.203 e. The first-order valence-corrected chi connectivity index (χ1v) is 7.61. The molecule has 1 unspecified atom stereocenters. The third-order valence-electron chi connectivity index (χ3n) is 4.08. The lowest BCUT2D eigenvalue weighted by Crippen LogP contribution is -2.25.